The molecule has 0 spiro atoms. The van der Waals surface area contributed by atoms with Gasteiger partial charge in [0.05, 0.1) is 33.1 Å². The van der Waals surface area contributed by atoms with Gasteiger partial charge in [0.15, 0.2) is 11.5 Å². The zero-order valence-corrected chi connectivity index (χ0v) is 13.1. The maximum Gasteiger partial charge on any atom is 0.343 e. The molecule has 0 saturated carbocycles. The van der Waals surface area contributed by atoms with E-state index >= 15 is 0 Å². The Kier molecular flexibility index (Phi) is 6.47. The Morgan fingerprint density at radius 3 is 2.14 bits per heavy atom. The van der Waals surface area contributed by atoms with E-state index in [9.17, 15) is 4.79 Å². The van der Waals surface area contributed by atoms with E-state index in [2.05, 4.69) is 4.98 Å². The van der Waals surface area contributed by atoms with E-state index in [-0.39, 0.29) is 18.0 Å². The second-order valence-electron chi connectivity index (χ2n) is 3.99. The van der Waals surface area contributed by atoms with Gasteiger partial charge in [-0.15, -0.1) is 0 Å². The second-order valence-corrected chi connectivity index (χ2v) is 3.99. The molecule has 2 rings (SSSR count). The quantitative estimate of drug-likeness (QED) is 0.680. The van der Waals surface area contributed by atoms with Crippen molar-refractivity contribution in [1.82, 2.24) is 4.98 Å². The van der Waals surface area contributed by atoms with Gasteiger partial charge in [-0.2, -0.15) is 0 Å². The van der Waals surface area contributed by atoms with E-state index in [1.165, 1.54) is 39.7 Å². The first-order valence-electron chi connectivity index (χ1n) is 6.11. The normalized spacial score (nSPS) is 9.41. The summed E-state index contributed by atoms with van der Waals surface area (Å²) in [5.41, 5.74) is 0.286. The summed E-state index contributed by atoms with van der Waals surface area (Å²) in [6.07, 6.45) is 3.05. The van der Waals surface area contributed by atoms with Crippen molar-refractivity contribution in [3.05, 3.63) is 42.2 Å². The smallest absolute Gasteiger partial charge is 0.343 e. The average Bonchev–Trinajstić information content (AvgIpc) is 2.54. The fourth-order valence-corrected chi connectivity index (χ4v) is 1.77. The molecule has 0 radical (unpaired) electrons. The third kappa shape index (κ3) is 3.79. The molecule has 0 atom stereocenters. The van der Waals surface area contributed by atoms with Crippen LogP contribution in [-0.4, -0.2) is 32.3 Å². The molecule has 0 bridgehead atoms. The minimum atomic E-state index is -0.540. The van der Waals surface area contributed by atoms with E-state index in [0.717, 1.165) is 0 Å². The highest BCUT2D eigenvalue weighted by Crippen LogP contribution is 2.38. The first-order chi connectivity index (χ1) is 10.2. The van der Waals surface area contributed by atoms with Crippen molar-refractivity contribution in [2.24, 2.45) is 0 Å². The predicted octanol–water partition coefficient (Wildman–Crippen LogP) is -0.669. The Labute approximate surface area is 134 Å². The number of nitrogens with zero attached hydrogens (tertiary/aromatic N) is 1. The lowest BCUT2D eigenvalue weighted by Crippen LogP contribution is -3.00. The van der Waals surface area contributed by atoms with E-state index < -0.39 is 5.97 Å². The average molecular weight is 325 g/mol. The Bertz CT molecular complexity index is 608. The van der Waals surface area contributed by atoms with E-state index in [4.69, 9.17) is 18.9 Å². The molecule has 2 aromatic rings. The maximum atomic E-state index is 12.1. The fourth-order valence-electron chi connectivity index (χ4n) is 1.77. The summed E-state index contributed by atoms with van der Waals surface area (Å²) in [7, 11) is 4.45. The Morgan fingerprint density at radius 1 is 1.05 bits per heavy atom. The first-order valence-corrected chi connectivity index (χ1v) is 6.11. The molecule has 118 valence electrons. The maximum absolute atomic E-state index is 12.1. The van der Waals surface area contributed by atoms with E-state index in [0.29, 0.717) is 23.0 Å². The molecule has 22 heavy (non-hydrogen) atoms. The van der Waals surface area contributed by atoms with Gasteiger partial charge >= 0.3 is 5.97 Å². The molecule has 0 unspecified atom stereocenters. The molecule has 0 aliphatic heterocycles. The van der Waals surface area contributed by atoms with Crippen LogP contribution in [0.25, 0.3) is 0 Å². The van der Waals surface area contributed by atoms with Crippen LogP contribution in [0.15, 0.2) is 36.7 Å². The number of rotatable bonds is 5. The monoisotopic (exact) mass is 324 g/mol. The summed E-state index contributed by atoms with van der Waals surface area (Å²) in [4.78, 5) is 16.0. The molecule has 0 amide bonds. The highest BCUT2D eigenvalue weighted by Gasteiger charge is 2.18. The molecule has 0 saturated heterocycles. The molecule has 6 nitrogen and oxygen atoms in total. The zero-order valence-electron chi connectivity index (χ0n) is 12.3. The van der Waals surface area contributed by atoms with Crippen molar-refractivity contribution in [3.8, 4) is 23.0 Å². The van der Waals surface area contributed by atoms with Gasteiger partial charge in [-0.05, 0) is 24.3 Å². The number of hydrogen-bond acceptors (Lipinski definition) is 6. The minimum absolute atomic E-state index is 0. The van der Waals surface area contributed by atoms with Crippen molar-refractivity contribution in [3.63, 3.8) is 0 Å². The molecule has 0 N–H and O–H groups in total. The van der Waals surface area contributed by atoms with Crippen LogP contribution in [0.5, 0.6) is 23.0 Å². The van der Waals surface area contributed by atoms with Crippen LogP contribution in [0.2, 0.25) is 0 Å². The van der Waals surface area contributed by atoms with Crippen molar-refractivity contribution < 1.29 is 36.1 Å². The van der Waals surface area contributed by atoms with Gasteiger partial charge in [-0.1, -0.05) is 0 Å². The zero-order chi connectivity index (χ0) is 15.2. The van der Waals surface area contributed by atoms with Crippen LogP contribution >= 0.6 is 0 Å². The standard InChI is InChI=1S/C15H15NO5.ClH/c1-18-12-7-10(8-13(19-2)14(12)20-3)15(17)21-11-5-4-6-16-9-11;/h4-9H,1-3H3;1H/p-1. The summed E-state index contributed by atoms with van der Waals surface area (Å²) in [6.45, 7) is 0. The first kappa shape index (κ1) is 17.6. The summed E-state index contributed by atoms with van der Waals surface area (Å²) in [5.74, 6) is 1.00. The Hall–Kier alpha value is -2.47. The van der Waals surface area contributed by atoms with E-state index in [1.54, 1.807) is 18.3 Å². The number of carbonyl (C=O) groups is 1. The Balaban J connectivity index is 0.00000242. The molecule has 0 fully saturated rings. The van der Waals surface area contributed by atoms with Crippen LogP contribution < -0.4 is 31.4 Å². The lowest BCUT2D eigenvalue weighted by molar-refractivity contribution is -0.0000178. The van der Waals surface area contributed by atoms with Crippen LogP contribution in [0.3, 0.4) is 0 Å². The number of carbonyl (C=O) groups excluding carboxylic acids is 1. The number of aromatic nitrogens is 1. The summed E-state index contributed by atoms with van der Waals surface area (Å²) >= 11 is 0. The van der Waals surface area contributed by atoms with Gasteiger partial charge < -0.3 is 31.4 Å². The molecular weight excluding hydrogens is 310 g/mol. The van der Waals surface area contributed by atoms with Gasteiger partial charge in [0.1, 0.15) is 5.75 Å². The van der Waals surface area contributed by atoms with Crippen molar-refractivity contribution in [2.75, 3.05) is 21.3 Å². The van der Waals surface area contributed by atoms with Crippen molar-refractivity contribution in [1.29, 1.82) is 0 Å². The van der Waals surface area contributed by atoms with Gasteiger partial charge in [0.25, 0.3) is 0 Å². The number of hydrogen-bond donors (Lipinski definition) is 0. The lowest BCUT2D eigenvalue weighted by atomic mass is 10.2. The number of benzene rings is 1. The fraction of sp³-hybridized carbons (Fsp3) is 0.200. The molecule has 0 aliphatic rings. The number of esters is 1. The third-order valence-corrected chi connectivity index (χ3v) is 2.75. The van der Waals surface area contributed by atoms with Gasteiger partial charge in [-0.25, -0.2) is 4.79 Å². The van der Waals surface area contributed by atoms with Crippen LogP contribution in [-0.2, 0) is 0 Å². The summed E-state index contributed by atoms with van der Waals surface area (Å²) in [6, 6.07) is 6.38. The second kappa shape index (κ2) is 8.09. The lowest BCUT2D eigenvalue weighted by Gasteiger charge is -2.13. The predicted molar refractivity (Wildman–Crippen MR) is 75.3 cm³/mol. The highest BCUT2D eigenvalue weighted by atomic mass is 35.5. The molecule has 7 heteroatoms. The van der Waals surface area contributed by atoms with Crippen molar-refractivity contribution >= 4 is 5.97 Å². The number of pyridine rings is 1. The van der Waals surface area contributed by atoms with Crippen LogP contribution in [0.4, 0.5) is 0 Å². The molecular formula is C15H15ClNO5-. The Morgan fingerprint density at radius 2 is 1.68 bits per heavy atom. The third-order valence-electron chi connectivity index (χ3n) is 2.75. The molecule has 0 aliphatic carbocycles. The summed E-state index contributed by atoms with van der Waals surface area (Å²) in [5, 5.41) is 0. The number of halogens is 1. The van der Waals surface area contributed by atoms with Gasteiger partial charge in [-0.3, -0.25) is 4.98 Å². The summed E-state index contributed by atoms with van der Waals surface area (Å²) < 4.78 is 20.8. The minimum Gasteiger partial charge on any atom is -1.00 e. The van der Waals surface area contributed by atoms with Crippen LogP contribution in [0, 0.1) is 0 Å². The highest BCUT2D eigenvalue weighted by molar-refractivity contribution is 5.92. The topological polar surface area (TPSA) is 66.9 Å². The SMILES string of the molecule is COc1cc(C(=O)Oc2cccnc2)cc(OC)c1OC.[Cl-]. The van der Waals surface area contributed by atoms with Crippen molar-refractivity contribution in [2.45, 2.75) is 0 Å². The van der Waals surface area contributed by atoms with Gasteiger partial charge in [0.2, 0.25) is 5.75 Å². The van der Waals surface area contributed by atoms with Crippen LogP contribution in [0.1, 0.15) is 10.4 Å². The molecule has 1 aromatic carbocycles. The van der Waals surface area contributed by atoms with E-state index in [1.807, 2.05) is 0 Å². The largest absolute Gasteiger partial charge is 1.00 e. The molecule has 1 aromatic heterocycles. The van der Waals surface area contributed by atoms with Gasteiger partial charge in [0, 0.05) is 6.20 Å². The number of methoxy groups -OCH3 is 3. The molecule has 1 heterocycles. The number of ether oxygens (including phenoxy) is 4.